The zero-order chi connectivity index (χ0) is 17.7. The summed E-state index contributed by atoms with van der Waals surface area (Å²) in [7, 11) is -3.54. The van der Waals surface area contributed by atoms with Crippen molar-refractivity contribution in [2.75, 3.05) is 19.9 Å². The van der Waals surface area contributed by atoms with Crippen molar-refractivity contribution in [1.29, 1.82) is 0 Å². The number of sulfone groups is 1. The summed E-state index contributed by atoms with van der Waals surface area (Å²) in [6.45, 7) is 0.590. The zero-order valence-electron chi connectivity index (χ0n) is 13.6. The molecule has 1 heterocycles. The molecular formula is C18H20N2O4S. The van der Waals surface area contributed by atoms with Crippen LogP contribution in [0.25, 0.3) is 0 Å². The molecule has 2 aromatic rings. The van der Waals surface area contributed by atoms with Crippen molar-refractivity contribution in [3.63, 3.8) is 0 Å². The molecule has 2 aliphatic rings. The first-order valence-electron chi connectivity index (χ1n) is 8.13. The van der Waals surface area contributed by atoms with E-state index >= 15 is 0 Å². The van der Waals surface area contributed by atoms with E-state index in [9.17, 15) is 8.42 Å². The van der Waals surface area contributed by atoms with E-state index in [0.717, 1.165) is 5.56 Å². The van der Waals surface area contributed by atoms with Gasteiger partial charge in [-0.3, -0.25) is 0 Å². The van der Waals surface area contributed by atoms with Gasteiger partial charge >= 0.3 is 0 Å². The molecule has 4 N–H and O–H groups in total. The van der Waals surface area contributed by atoms with Gasteiger partial charge in [0.05, 0.1) is 10.1 Å². The summed E-state index contributed by atoms with van der Waals surface area (Å²) in [4.78, 5) is 0.300. The third-order valence-corrected chi connectivity index (χ3v) is 7.64. The second-order valence-electron chi connectivity index (χ2n) is 6.51. The fraction of sp³-hybridized carbons (Fsp3) is 0.333. The topological polar surface area (TPSA) is 105 Å². The average Bonchev–Trinajstić information content (AvgIpc) is 3.12. The number of hydrogen-bond donors (Lipinski definition) is 2. The smallest absolute Gasteiger partial charge is 0.231 e. The minimum absolute atomic E-state index is 0.175. The summed E-state index contributed by atoms with van der Waals surface area (Å²) < 4.78 is 37.1. The van der Waals surface area contributed by atoms with Crippen molar-refractivity contribution in [3.05, 3.63) is 54.1 Å². The summed E-state index contributed by atoms with van der Waals surface area (Å²) in [5.41, 5.74) is 12.2. The lowest BCUT2D eigenvalue weighted by molar-refractivity contribution is 0.174. The van der Waals surface area contributed by atoms with Gasteiger partial charge in [-0.2, -0.15) is 0 Å². The van der Waals surface area contributed by atoms with Crippen molar-refractivity contribution in [2.45, 2.75) is 16.1 Å². The first-order valence-corrected chi connectivity index (χ1v) is 9.68. The van der Waals surface area contributed by atoms with Crippen LogP contribution in [0.3, 0.4) is 0 Å². The van der Waals surface area contributed by atoms with Gasteiger partial charge in [0.25, 0.3) is 0 Å². The summed E-state index contributed by atoms with van der Waals surface area (Å²) >= 11 is 0. The van der Waals surface area contributed by atoms with E-state index in [-0.39, 0.29) is 25.8 Å². The van der Waals surface area contributed by atoms with Crippen LogP contribution in [0.2, 0.25) is 0 Å². The highest BCUT2D eigenvalue weighted by molar-refractivity contribution is 7.92. The van der Waals surface area contributed by atoms with Crippen LogP contribution in [0.5, 0.6) is 11.5 Å². The maximum atomic E-state index is 13.2. The molecule has 2 atom stereocenters. The van der Waals surface area contributed by atoms with Gasteiger partial charge in [-0.15, -0.1) is 0 Å². The second kappa shape index (κ2) is 5.72. The molecule has 0 spiro atoms. The third-order valence-electron chi connectivity index (χ3n) is 5.30. The van der Waals surface area contributed by atoms with Crippen LogP contribution >= 0.6 is 0 Å². The Bertz CT molecular complexity index is 895. The fourth-order valence-corrected chi connectivity index (χ4v) is 6.38. The Morgan fingerprint density at radius 3 is 2.36 bits per heavy atom. The lowest BCUT2D eigenvalue weighted by atomic mass is 9.99. The van der Waals surface area contributed by atoms with Gasteiger partial charge in [-0.05, 0) is 29.8 Å². The number of nitrogens with two attached hydrogens (primary N) is 2. The zero-order valence-corrected chi connectivity index (χ0v) is 14.4. The van der Waals surface area contributed by atoms with Gasteiger partial charge in [0.2, 0.25) is 6.79 Å². The molecular weight excluding hydrogens is 340 g/mol. The molecule has 2 aromatic carbocycles. The van der Waals surface area contributed by atoms with E-state index in [1.807, 2.05) is 12.1 Å². The van der Waals surface area contributed by atoms with E-state index in [1.54, 1.807) is 36.4 Å². The Kier molecular flexibility index (Phi) is 3.75. The lowest BCUT2D eigenvalue weighted by Crippen LogP contribution is -2.31. The Labute approximate surface area is 146 Å². The number of benzene rings is 2. The van der Waals surface area contributed by atoms with Crippen LogP contribution in [0.15, 0.2) is 53.4 Å². The Morgan fingerprint density at radius 1 is 1.00 bits per heavy atom. The summed E-state index contributed by atoms with van der Waals surface area (Å²) in [6, 6.07) is 14.0. The number of rotatable bonds is 5. The van der Waals surface area contributed by atoms with Crippen LogP contribution in [0, 0.1) is 5.41 Å². The van der Waals surface area contributed by atoms with E-state index < -0.39 is 20.5 Å². The average molecular weight is 360 g/mol. The van der Waals surface area contributed by atoms with Crippen LogP contribution in [0.1, 0.15) is 11.5 Å². The molecule has 0 radical (unpaired) electrons. The molecule has 132 valence electrons. The Hall–Kier alpha value is -2.09. The Morgan fingerprint density at radius 2 is 1.68 bits per heavy atom. The summed E-state index contributed by atoms with van der Waals surface area (Å²) in [6.07, 6.45) is 0. The van der Waals surface area contributed by atoms with Gasteiger partial charge in [-0.25, -0.2) is 8.42 Å². The molecule has 1 saturated carbocycles. The number of fused-ring (bicyclic) bond motifs is 1. The van der Waals surface area contributed by atoms with Gasteiger partial charge in [0, 0.05) is 24.4 Å². The number of ether oxygens (including phenoxy) is 2. The minimum Gasteiger partial charge on any atom is -0.454 e. The van der Waals surface area contributed by atoms with E-state index in [1.165, 1.54) is 0 Å². The third kappa shape index (κ3) is 2.34. The van der Waals surface area contributed by atoms with E-state index in [4.69, 9.17) is 20.9 Å². The highest BCUT2D eigenvalue weighted by Crippen LogP contribution is 2.63. The number of hydrogen-bond acceptors (Lipinski definition) is 6. The molecule has 0 bridgehead atoms. The van der Waals surface area contributed by atoms with Crippen molar-refractivity contribution in [2.24, 2.45) is 16.9 Å². The fourth-order valence-electron chi connectivity index (χ4n) is 3.88. The molecule has 1 aliphatic carbocycles. The standard InChI is InChI=1S/C18H20N2O4S/c19-9-18(10-20)16(12-6-7-14-15(8-12)24-11-23-14)17(18)25(21,22)13-4-2-1-3-5-13/h1-8,16-17H,9-11,19-20H2/t16-,17-/m1/s1. The van der Waals surface area contributed by atoms with Crippen LogP contribution in [0.4, 0.5) is 0 Å². The molecule has 0 unspecified atom stereocenters. The van der Waals surface area contributed by atoms with Crippen molar-refractivity contribution >= 4 is 9.84 Å². The van der Waals surface area contributed by atoms with E-state index in [2.05, 4.69) is 0 Å². The molecule has 25 heavy (non-hydrogen) atoms. The molecule has 0 saturated heterocycles. The molecule has 7 heteroatoms. The van der Waals surface area contributed by atoms with Crippen molar-refractivity contribution < 1.29 is 17.9 Å². The minimum atomic E-state index is -3.54. The first kappa shape index (κ1) is 16.4. The predicted octanol–water partition coefficient (Wildman–Crippen LogP) is 1.26. The first-order chi connectivity index (χ1) is 12.0. The SMILES string of the molecule is NCC1(CN)[C@H](c2ccc3c(c2)OCO3)[C@H]1S(=O)(=O)c1ccccc1. The summed E-state index contributed by atoms with van der Waals surface area (Å²) in [5.74, 6) is 1.03. The molecule has 1 aliphatic heterocycles. The van der Waals surface area contributed by atoms with E-state index in [0.29, 0.717) is 16.4 Å². The molecule has 0 aromatic heterocycles. The molecule has 4 rings (SSSR count). The van der Waals surface area contributed by atoms with Gasteiger partial charge in [0.1, 0.15) is 0 Å². The van der Waals surface area contributed by atoms with Gasteiger partial charge < -0.3 is 20.9 Å². The van der Waals surface area contributed by atoms with Crippen molar-refractivity contribution in [1.82, 2.24) is 0 Å². The predicted molar refractivity (Wildman–Crippen MR) is 93.3 cm³/mol. The maximum absolute atomic E-state index is 13.2. The monoisotopic (exact) mass is 360 g/mol. The highest BCUT2D eigenvalue weighted by atomic mass is 32.2. The highest BCUT2D eigenvalue weighted by Gasteiger charge is 2.69. The Balaban J connectivity index is 1.77. The maximum Gasteiger partial charge on any atom is 0.231 e. The van der Waals surface area contributed by atoms with Crippen LogP contribution in [-0.2, 0) is 9.84 Å². The van der Waals surface area contributed by atoms with Crippen LogP contribution in [-0.4, -0.2) is 33.6 Å². The lowest BCUT2D eigenvalue weighted by Gasteiger charge is -2.13. The largest absolute Gasteiger partial charge is 0.454 e. The van der Waals surface area contributed by atoms with Gasteiger partial charge in [-0.1, -0.05) is 24.3 Å². The normalized spacial score (nSPS) is 23.4. The van der Waals surface area contributed by atoms with Crippen LogP contribution < -0.4 is 20.9 Å². The molecule has 0 amide bonds. The van der Waals surface area contributed by atoms with Gasteiger partial charge in [0.15, 0.2) is 21.3 Å². The molecule has 1 fully saturated rings. The second-order valence-corrected chi connectivity index (χ2v) is 8.58. The van der Waals surface area contributed by atoms with Crippen molar-refractivity contribution in [3.8, 4) is 11.5 Å². The molecule has 6 nitrogen and oxygen atoms in total. The summed E-state index contributed by atoms with van der Waals surface area (Å²) in [5, 5.41) is -0.641. The quantitative estimate of drug-likeness (QED) is 0.832.